The molecule has 4 aromatic rings. The third-order valence-corrected chi connectivity index (χ3v) is 8.36. The number of aromatic nitrogens is 4. The van der Waals surface area contributed by atoms with Gasteiger partial charge in [-0.3, -0.25) is 9.59 Å². The molecular weight excluding hydrogens is 506 g/mol. The van der Waals surface area contributed by atoms with Crippen molar-refractivity contribution in [1.29, 1.82) is 0 Å². The average Bonchev–Trinajstić information content (AvgIpc) is 3.38. The molecule has 0 fully saturated rings. The predicted molar refractivity (Wildman–Crippen MR) is 150 cm³/mol. The van der Waals surface area contributed by atoms with Crippen molar-refractivity contribution in [1.82, 2.24) is 24.9 Å². The highest BCUT2D eigenvalue weighted by Crippen LogP contribution is 2.35. The maximum atomic E-state index is 13.6. The molecule has 1 unspecified atom stereocenters. The summed E-state index contributed by atoms with van der Waals surface area (Å²) in [5, 5.41) is 18.7. The highest BCUT2D eigenvalue weighted by molar-refractivity contribution is 5.95. The lowest BCUT2D eigenvalue weighted by Crippen LogP contribution is -2.36. The molecule has 0 saturated heterocycles. The van der Waals surface area contributed by atoms with E-state index in [9.17, 15) is 14.7 Å². The first-order chi connectivity index (χ1) is 19.4. The van der Waals surface area contributed by atoms with Crippen molar-refractivity contribution in [3.05, 3.63) is 81.5 Å². The molecule has 0 aliphatic carbocycles. The number of carbonyl (C=O) groups is 2. The minimum atomic E-state index is -0.884. The van der Waals surface area contributed by atoms with Gasteiger partial charge in [0.05, 0.1) is 13.5 Å². The maximum absolute atomic E-state index is 13.6. The Morgan fingerprint density at radius 2 is 1.90 bits per heavy atom. The zero-order valence-electron chi connectivity index (χ0n) is 22.9. The van der Waals surface area contributed by atoms with Crippen molar-refractivity contribution in [2.24, 2.45) is 0 Å². The predicted octanol–water partition coefficient (Wildman–Crippen LogP) is 4.67. The van der Waals surface area contributed by atoms with Crippen LogP contribution in [0.4, 0.5) is 0 Å². The second-order valence-corrected chi connectivity index (χ2v) is 10.8. The number of methoxy groups -OCH3 is 1. The van der Waals surface area contributed by atoms with Crippen molar-refractivity contribution in [3.8, 4) is 5.75 Å². The van der Waals surface area contributed by atoms with Crippen LogP contribution in [0.15, 0.2) is 42.6 Å². The Hall–Kier alpha value is -4.27. The summed E-state index contributed by atoms with van der Waals surface area (Å²) in [5.41, 5.74) is 7.99. The van der Waals surface area contributed by atoms with Crippen LogP contribution in [0.2, 0.25) is 0 Å². The second-order valence-electron chi connectivity index (χ2n) is 10.8. The number of carboxylic acids is 1. The Morgan fingerprint density at radius 1 is 1.05 bits per heavy atom. The fourth-order valence-electron chi connectivity index (χ4n) is 6.11. The van der Waals surface area contributed by atoms with E-state index in [-0.39, 0.29) is 12.3 Å². The number of ether oxygens (including phenoxy) is 1. The van der Waals surface area contributed by atoms with Crippen molar-refractivity contribution in [2.75, 3.05) is 13.7 Å². The molecule has 1 N–H and O–H groups in total. The van der Waals surface area contributed by atoms with Crippen LogP contribution in [0.3, 0.4) is 0 Å². The number of aliphatic carboxylic acids is 1. The van der Waals surface area contributed by atoms with E-state index in [0.29, 0.717) is 30.7 Å². The van der Waals surface area contributed by atoms with Gasteiger partial charge in [-0.1, -0.05) is 35.9 Å². The van der Waals surface area contributed by atoms with Crippen LogP contribution in [0.5, 0.6) is 5.75 Å². The number of rotatable bonds is 3. The summed E-state index contributed by atoms with van der Waals surface area (Å²) >= 11 is 0. The Morgan fingerprint density at radius 3 is 2.73 bits per heavy atom. The van der Waals surface area contributed by atoms with Gasteiger partial charge in [-0.2, -0.15) is 0 Å². The Bertz CT molecular complexity index is 1610. The summed E-state index contributed by atoms with van der Waals surface area (Å²) in [6.45, 7) is 3.77. The van der Waals surface area contributed by atoms with Crippen LogP contribution in [0, 0.1) is 6.92 Å². The molecule has 2 aromatic heterocycles. The monoisotopic (exact) mass is 539 g/mol. The van der Waals surface area contributed by atoms with Crippen molar-refractivity contribution < 1.29 is 19.4 Å². The molecule has 7 heterocycles. The van der Waals surface area contributed by atoms with E-state index in [1.54, 1.807) is 13.3 Å². The smallest absolute Gasteiger partial charge is 0.304 e. The molecule has 0 spiro atoms. The number of carbonyl (C=O) groups excluding carboxylic acids is 1. The average molecular weight is 540 g/mol. The van der Waals surface area contributed by atoms with Gasteiger partial charge in [0.2, 0.25) is 0 Å². The van der Waals surface area contributed by atoms with E-state index >= 15 is 0 Å². The number of hydrogen-bond donors (Lipinski definition) is 1. The molecule has 9 rings (SSSR count). The number of aryl methyl sites for hydroxylation is 3. The van der Waals surface area contributed by atoms with Gasteiger partial charge in [-0.15, -0.1) is 5.10 Å². The summed E-state index contributed by atoms with van der Waals surface area (Å²) in [5.74, 6) is -0.570. The lowest BCUT2D eigenvalue weighted by molar-refractivity contribution is -0.137. The fourth-order valence-corrected chi connectivity index (χ4v) is 6.11. The van der Waals surface area contributed by atoms with Gasteiger partial charge in [-0.05, 0) is 78.1 Å². The largest absolute Gasteiger partial charge is 0.496 e. The van der Waals surface area contributed by atoms with Crippen LogP contribution in [-0.2, 0) is 30.7 Å². The van der Waals surface area contributed by atoms with Crippen molar-refractivity contribution >= 4 is 23.0 Å². The highest BCUT2D eigenvalue weighted by Gasteiger charge is 2.27. The second kappa shape index (κ2) is 10.7. The van der Waals surface area contributed by atoms with E-state index in [1.807, 2.05) is 40.8 Å². The Balaban J connectivity index is 1.45. The van der Waals surface area contributed by atoms with E-state index < -0.39 is 11.9 Å². The molecule has 0 saturated carbocycles. The molecule has 2 aromatic carbocycles. The van der Waals surface area contributed by atoms with Gasteiger partial charge in [-0.25, -0.2) is 9.67 Å². The number of carboxylic acid groups (broad SMARTS) is 1. The third-order valence-electron chi connectivity index (χ3n) is 8.36. The van der Waals surface area contributed by atoms with Crippen LogP contribution in [0.1, 0.15) is 75.3 Å². The molecule has 9 heteroatoms. The normalized spacial score (nSPS) is 17.5. The number of hydrogen-bond acceptors (Lipinski definition) is 6. The minimum Gasteiger partial charge on any atom is -0.496 e. The van der Waals surface area contributed by atoms with Crippen molar-refractivity contribution in [2.45, 2.75) is 64.5 Å². The van der Waals surface area contributed by atoms with Crippen LogP contribution in [0.25, 0.3) is 11.2 Å². The maximum Gasteiger partial charge on any atom is 0.304 e. The minimum absolute atomic E-state index is 0.0262. The highest BCUT2D eigenvalue weighted by atomic mass is 16.5. The SMILES string of the molecule is COc1cc2ccc1CCCCCn1nnc3c(C)c(cnc31)C(CC(=O)O)c1ccc3c(c1)CN(CC3)C2=O. The van der Waals surface area contributed by atoms with E-state index in [0.717, 1.165) is 71.3 Å². The summed E-state index contributed by atoms with van der Waals surface area (Å²) < 4.78 is 7.52. The number of benzene rings is 2. The quantitative estimate of drug-likeness (QED) is 0.403. The van der Waals surface area contributed by atoms with Gasteiger partial charge in [0.15, 0.2) is 5.65 Å². The van der Waals surface area contributed by atoms with Crippen molar-refractivity contribution in [3.63, 3.8) is 0 Å². The standard InChI is InChI=1S/C31H33N5O4/c1-19-26-17-32-30-29(19)33-34-36(30)12-5-3-4-6-21-8-10-23(15-27(21)40-2)31(39)35-13-11-20-7-9-22(14-24(20)18-35)25(26)16-28(37)38/h7-10,14-15,17,25H,3-6,11-13,16,18H2,1-2H3,(H,37,38). The van der Waals surface area contributed by atoms with Gasteiger partial charge >= 0.3 is 5.97 Å². The number of pyridine rings is 1. The molecule has 1 amide bonds. The van der Waals surface area contributed by atoms with Crippen LogP contribution in [-0.4, -0.2) is 55.5 Å². The molecule has 9 nitrogen and oxygen atoms in total. The molecule has 0 radical (unpaired) electrons. The Labute approximate surface area is 232 Å². The first-order valence-electron chi connectivity index (χ1n) is 13.9. The molecule has 5 aliphatic rings. The van der Waals surface area contributed by atoms with Gasteiger partial charge in [0.25, 0.3) is 5.91 Å². The van der Waals surface area contributed by atoms with Crippen LogP contribution < -0.4 is 4.74 Å². The lowest BCUT2D eigenvalue weighted by Gasteiger charge is -2.30. The van der Waals surface area contributed by atoms with Gasteiger partial charge in [0, 0.05) is 37.3 Å². The summed E-state index contributed by atoms with van der Waals surface area (Å²) in [6.07, 6.45) is 6.22. The molecular formula is C31H33N5O4. The zero-order chi connectivity index (χ0) is 27.8. The van der Waals surface area contributed by atoms with Gasteiger partial charge in [0.1, 0.15) is 11.3 Å². The third kappa shape index (κ3) is 4.80. The molecule has 1 atom stereocenters. The van der Waals surface area contributed by atoms with Gasteiger partial charge < -0.3 is 14.7 Å². The molecule has 9 bridgehead atoms. The van der Waals surface area contributed by atoms with E-state index in [1.165, 1.54) is 5.56 Å². The number of amides is 1. The molecule has 5 aliphatic heterocycles. The summed E-state index contributed by atoms with van der Waals surface area (Å²) in [6, 6.07) is 11.9. The first kappa shape index (κ1) is 26.0. The van der Waals surface area contributed by atoms with E-state index in [4.69, 9.17) is 9.72 Å². The topological polar surface area (TPSA) is 110 Å². The first-order valence-corrected chi connectivity index (χ1v) is 13.9. The van der Waals surface area contributed by atoms with Crippen LogP contribution >= 0.6 is 0 Å². The molecule has 40 heavy (non-hydrogen) atoms. The lowest BCUT2D eigenvalue weighted by atomic mass is 9.84. The fraction of sp³-hybridized carbons (Fsp3) is 0.387. The summed E-state index contributed by atoms with van der Waals surface area (Å²) in [4.78, 5) is 32.2. The Kier molecular flexibility index (Phi) is 6.96. The summed E-state index contributed by atoms with van der Waals surface area (Å²) in [7, 11) is 1.65. The number of nitrogens with zero attached hydrogens (tertiary/aromatic N) is 5. The zero-order valence-corrected chi connectivity index (χ0v) is 22.9. The molecule has 206 valence electrons. The van der Waals surface area contributed by atoms with E-state index in [2.05, 4.69) is 22.4 Å².